The van der Waals surface area contributed by atoms with E-state index in [9.17, 15) is 5.11 Å². The van der Waals surface area contributed by atoms with Gasteiger partial charge in [0.25, 0.3) is 0 Å². The summed E-state index contributed by atoms with van der Waals surface area (Å²) < 4.78 is 5.26. The Morgan fingerprint density at radius 2 is 2.06 bits per heavy atom. The molecule has 5 heteroatoms. The number of aliphatic hydroxyl groups is 1. The molecule has 1 saturated carbocycles. The van der Waals surface area contributed by atoms with Gasteiger partial charge in [-0.15, -0.1) is 0 Å². The van der Waals surface area contributed by atoms with Crippen LogP contribution in [0.25, 0.3) is 0 Å². The van der Waals surface area contributed by atoms with Crippen molar-refractivity contribution in [3.05, 3.63) is 11.7 Å². The summed E-state index contributed by atoms with van der Waals surface area (Å²) in [7, 11) is 2.05. The maximum Gasteiger partial charge on any atom is 0.240 e. The summed E-state index contributed by atoms with van der Waals surface area (Å²) in [6, 6.07) is 0. The molecule has 5 nitrogen and oxygen atoms in total. The molecule has 1 aromatic rings. The summed E-state index contributed by atoms with van der Waals surface area (Å²) in [5.74, 6) is 2.03. The lowest BCUT2D eigenvalue weighted by Crippen LogP contribution is -2.36. The minimum atomic E-state index is -0.0840. The van der Waals surface area contributed by atoms with Gasteiger partial charge in [0.1, 0.15) is 0 Å². The van der Waals surface area contributed by atoms with E-state index in [4.69, 9.17) is 4.52 Å². The standard InChI is InChI=1S/C13H23N3O2/c1-13(2,3)12-14-11(18-15-12)8-16(4)7-9-5-10(17)6-9/h9-10,17H,5-8H2,1-4H3. The van der Waals surface area contributed by atoms with Crippen molar-refractivity contribution >= 4 is 0 Å². The molecule has 2 rings (SSSR count). The molecule has 0 spiro atoms. The van der Waals surface area contributed by atoms with Crippen molar-refractivity contribution in [2.24, 2.45) is 5.92 Å². The normalized spacial score (nSPS) is 24.3. The summed E-state index contributed by atoms with van der Waals surface area (Å²) in [5, 5.41) is 13.3. The van der Waals surface area contributed by atoms with E-state index in [1.54, 1.807) is 0 Å². The average molecular weight is 253 g/mol. The highest BCUT2D eigenvalue weighted by atomic mass is 16.5. The van der Waals surface area contributed by atoms with Gasteiger partial charge in [-0.2, -0.15) is 4.98 Å². The van der Waals surface area contributed by atoms with Crippen molar-refractivity contribution < 1.29 is 9.63 Å². The lowest BCUT2D eigenvalue weighted by Gasteiger charge is -2.34. The van der Waals surface area contributed by atoms with E-state index in [2.05, 4.69) is 35.8 Å². The van der Waals surface area contributed by atoms with Crippen LogP contribution in [0.1, 0.15) is 45.3 Å². The zero-order valence-electron chi connectivity index (χ0n) is 11.7. The molecule has 1 fully saturated rings. The predicted octanol–water partition coefficient (Wildman–Crippen LogP) is 1.57. The molecule has 0 radical (unpaired) electrons. The number of aliphatic hydroxyl groups excluding tert-OH is 1. The van der Waals surface area contributed by atoms with Crippen LogP contribution in [-0.2, 0) is 12.0 Å². The van der Waals surface area contributed by atoms with E-state index in [1.165, 1.54) is 0 Å². The summed E-state index contributed by atoms with van der Waals surface area (Å²) in [5.41, 5.74) is -0.0710. The highest BCUT2D eigenvalue weighted by molar-refractivity contribution is 4.99. The van der Waals surface area contributed by atoms with Crippen LogP contribution in [0.15, 0.2) is 4.52 Å². The molecule has 18 heavy (non-hydrogen) atoms. The monoisotopic (exact) mass is 253 g/mol. The zero-order valence-corrected chi connectivity index (χ0v) is 11.7. The molecule has 0 atom stereocenters. The molecule has 102 valence electrons. The molecule has 0 aromatic carbocycles. The first-order valence-electron chi connectivity index (χ1n) is 6.54. The van der Waals surface area contributed by atoms with E-state index in [0.29, 0.717) is 18.4 Å². The molecule has 0 saturated heterocycles. The van der Waals surface area contributed by atoms with Crippen LogP contribution < -0.4 is 0 Å². The van der Waals surface area contributed by atoms with Gasteiger partial charge in [0.05, 0.1) is 12.6 Å². The number of rotatable bonds is 4. The molecule has 1 aliphatic carbocycles. The van der Waals surface area contributed by atoms with Gasteiger partial charge in [-0.3, -0.25) is 4.90 Å². The van der Waals surface area contributed by atoms with Crippen LogP contribution in [0.4, 0.5) is 0 Å². The fourth-order valence-corrected chi connectivity index (χ4v) is 2.21. The fourth-order valence-electron chi connectivity index (χ4n) is 2.21. The maximum absolute atomic E-state index is 9.25. The van der Waals surface area contributed by atoms with Gasteiger partial charge in [0, 0.05) is 12.0 Å². The SMILES string of the molecule is CN(Cc1nc(C(C)(C)C)no1)CC1CC(O)C1. The maximum atomic E-state index is 9.25. The minimum absolute atomic E-state index is 0.0710. The molecule has 1 aliphatic rings. The third-order valence-electron chi connectivity index (χ3n) is 3.32. The van der Waals surface area contributed by atoms with E-state index in [1.807, 2.05) is 7.05 Å². The molecular formula is C13H23N3O2. The lowest BCUT2D eigenvalue weighted by atomic mass is 9.82. The molecule has 0 amide bonds. The van der Waals surface area contributed by atoms with Crippen molar-refractivity contribution in [2.45, 2.75) is 51.7 Å². The number of aromatic nitrogens is 2. The van der Waals surface area contributed by atoms with Crippen LogP contribution in [-0.4, -0.2) is 39.8 Å². The Labute approximate surface area is 108 Å². The predicted molar refractivity (Wildman–Crippen MR) is 68.1 cm³/mol. The number of hydrogen-bond donors (Lipinski definition) is 1. The largest absolute Gasteiger partial charge is 0.393 e. The summed E-state index contributed by atoms with van der Waals surface area (Å²) in [4.78, 5) is 6.60. The minimum Gasteiger partial charge on any atom is -0.393 e. The van der Waals surface area contributed by atoms with Crippen LogP contribution in [0.5, 0.6) is 0 Å². The van der Waals surface area contributed by atoms with Gasteiger partial charge in [-0.05, 0) is 25.8 Å². The van der Waals surface area contributed by atoms with E-state index in [0.717, 1.165) is 25.2 Å². The molecule has 1 N–H and O–H groups in total. The molecule has 1 aromatic heterocycles. The first-order valence-corrected chi connectivity index (χ1v) is 6.54. The van der Waals surface area contributed by atoms with Gasteiger partial charge in [-0.1, -0.05) is 25.9 Å². The topological polar surface area (TPSA) is 62.4 Å². The van der Waals surface area contributed by atoms with Crippen molar-refractivity contribution in [1.82, 2.24) is 15.0 Å². The Bertz CT molecular complexity index is 391. The lowest BCUT2D eigenvalue weighted by molar-refractivity contribution is 0.0261. The van der Waals surface area contributed by atoms with Crippen molar-refractivity contribution in [3.8, 4) is 0 Å². The molecule has 0 bridgehead atoms. The highest BCUT2D eigenvalue weighted by Crippen LogP contribution is 2.28. The zero-order chi connectivity index (χ0) is 13.3. The molecular weight excluding hydrogens is 230 g/mol. The van der Waals surface area contributed by atoms with Crippen LogP contribution >= 0.6 is 0 Å². The van der Waals surface area contributed by atoms with Crippen LogP contribution in [0.3, 0.4) is 0 Å². The Balaban J connectivity index is 1.83. The highest BCUT2D eigenvalue weighted by Gasteiger charge is 2.28. The van der Waals surface area contributed by atoms with Crippen molar-refractivity contribution in [2.75, 3.05) is 13.6 Å². The van der Waals surface area contributed by atoms with Crippen molar-refractivity contribution in [3.63, 3.8) is 0 Å². The smallest absolute Gasteiger partial charge is 0.240 e. The Hall–Kier alpha value is -0.940. The second-order valence-corrected chi connectivity index (χ2v) is 6.45. The number of hydrogen-bond acceptors (Lipinski definition) is 5. The van der Waals surface area contributed by atoms with Gasteiger partial charge in [0.15, 0.2) is 5.82 Å². The second-order valence-electron chi connectivity index (χ2n) is 6.45. The van der Waals surface area contributed by atoms with Crippen LogP contribution in [0.2, 0.25) is 0 Å². The summed E-state index contributed by atoms with van der Waals surface area (Å²) in [6.07, 6.45) is 1.75. The Morgan fingerprint density at radius 3 is 2.56 bits per heavy atom. The third-order valence-corrected chi connectivity index (χ3v) is 3.32. The second kappa shape index (κ2) is 4.97. The molecule has 1 heterocycles. The average Bonchev–Trinajstić information content (AvgIpc) is 2.63. The first-order chi connectivity index (χ1) is 8.34. The van der Waals surface area contributed by atoms with Crippen LogP contribution in [0, 0.1) is 5.92 Å². The molecule has 0 aliphatic heterocycles. The fraction of sp³-hybridized carbons (Fsp3) is 0.846. The summed E-state index contributed by atoms with van der Waals surface area (Å²) in [6.45, 7) is 7.86. The quantitative estimate of drug-likeness (QED) is 0.882. The Kier molecular flexibility index (Phi) is 3.73. The summed E-state index contributed by atoms with van der Waals surface area (Å²) >= 11 is 0. The van der Waals surface area contributed by atoms with E-state index >= 15 is 0 Å². The van der Waals surface area contributed by atoms with E-state index in [-0.39, 0.29) is 11.5 Å². The molecule has 0 unspecified atom stereocenters. The van der Waals surface area contributed by atoms with Crippen molar-refractivity contribution in [1.29, 1.82) is 0 Å². The van der Waals surface area contributed by atoms with Gasteiger partial charge in [0.2, 0.25) is 5.89 Å². The third kappa shape index (κ3) is 3.29. The first kappa shape index (κ1) is 13.5. The number of nitrogens with zero attached hydrogens (tertiary/aromatic N) is 3. The van der Waals surface area contributed by atoms with Gasteiger partial charge in [-0.25, -0.2) is 0 Å². The van der Waals surface area contributed by atoms with Gasteiger partial charge < -0.3 is 9.63 Å². The van der Waals surface area contributed by atoms with Gasteiger partial charge >= 0.3 is 0 Å². The van der Waals surface area contributed by atoms with E-state index < -0.39 is 0 Å². The Morgan fingerprint density at radius 1 is 1.39 bits per heavy atom.